The Morgan fingerprint density at radius 2 is 1.37 bits per heavy atom. The molecule has 0 bridgehead atoms. The first kappa shape index (κ1) is 27.9. The van der Waals surface area contributed by atoms with E-state index in [1.54, 1.807) is 0 Å². The molecule has 3 aromatic rings. The van der Waals surface area contributed by atoms with E-state index in [1.165, 1.54) is 53.6 Å². The van der Waals surface area contributed by atoms with Gasteiger partial charge in [-0.05, 0) is 90.8 Å². The molecule has 1 aliphatic heterocycles. The molecule has 0 spiro atoms. The SMILES string of the molecule is Brc1ccc(N2CCN(CCc3ccc(COc4ccc5c(c4)CCCC5)cc3)CC2)cc1.Cl.Cl. The second kappa shape index (κ2) is 13.5. The van der Waals surface area contributed by atoms with Crippen LogP contribution >= 0.6 is 40.7 Å². The van der Waals surface area contributed by atoms with Gasteiger partial charge in [0, 0.05) is 42.9 Å². The highest BCUT2D eigenvalue weighted by Gasteiger charge is 2.17. The van der Waals surface area contributed by atoms with Gasteiger partial charge in [0.25, 0.3) is 0 Å². The molecule has 2 aliphatic rings. The van der Waals surface area contributed by atoms with Gasteiger partial charge in [-0.3, -0.25) is 4.90 Å². The molecule has 5 rings (SSSR count). The van der Waals surface area contributed by atoms with Crippen molar-refractivity contribution >= 4 is 46.4 Å². The number of anilines is 1. The lowest BCUT2D eigenvalue weighted by atomic mass is 9.92. The van der Waals surface area contributed by atoms with Crippen LogP contribution in [0.1, 0.15) is 35.1 Å². The molecule has 1 aliphatic carbocycles. The van der Waals surface area contributed by atoms with Crippen LogP contribution in [0.3, 0.4) is 0 Å². The molecule has 0 amide bonds. The van der Waals surface area contributed by atoms with E-state index in [4.69, 9.17) is 4.74 Å². The summed E-state index contributed by atoms with van der Waals surface area (Å²) in [6, 6.07) is 24.3. The Morgan fingerprint density at radius 1 is 0.714 bits per heavy atom. The molecule has 3 nitrogen and oxygen atoms in total. The second-order valence-corrected chi connectivity index (χ2v) is 10.2. The fourth-order valence-corrected chi connectivity index (χ4v) is 5.20. The van der Waals surface area contributed by atoms with E-state index in [0.29, 0.717) is 6.61 Å². The van der Waals surface area contributed by atoms with Crippen LogP contribution in [0.5, 0.6) is 5.75 Å². The predicted molar refractivity (Wildman–Crippen MR) is 155 cm³/mol. The lowest BCUT2D eigenvalue weighted by molar-refractivity contribution is 0.261. The van der Waals surface area contributed by atoms with E-state index in [1.807, 2.05) is 0 Å². The molecule has 3 aromatic carbocycles. The van der Waals surface area contributed by atoms with Gasteiger partial charge in [-0.2, -0.15) is 0 Å². The van der Waals surface area contributed by atoms with E-state index < -0.39 is 0 Å². The van der Waals surface area contributed by atoms with Crippen LogP contribution in [0, 0.1) is 0 Å². The molecule has 1 fully saturated rings. The lowest BCUT2D eigenvalue weighted by Crippen LogP contribution is -2.46. The third kappa shape index (κ3) is 7.63. The van der Waals surface area contributed by atoms with Crippen LogP contribution in [0.25, 0.3) is 0 Å². The zero-order chi connectivity index (χ0) is 22.5. The third-order valence-corrected chi connectivity index (χ3v) is 7.56. The monoisotopic (exact) mass is 576 g/mol. The van der Waals surface area contributed by atoms with Gasteiger partial charge in [-0.1, -0.05) is 46.3 Å². The van der Waals surface area contributed by atoms with Crippen LogP contribution in [-0.2, 0) is 25.9 Å². The maximum Gasteiger partial charge on any atom is 0.120 e. The fraction of sp³-hybridized carbons (Fsp3) is 0.379. The molecule has 0 unspecified atom stereocenters. The quantitative estimate of drug-likeness (QED) is 0.297. The van der Waals surface area contributed by atoms with E-state index in [2.05, 4.69) is 92.5 Å². The van der Waals surface area contributed by atoms with Crippen molar-refractivity contribution in [3.05, 3.63) is 93.5 Å². The van der Waals surface area contributed by atoms with Gasteiger partial charge in [0.15, 0.2) is 0 Å². The second-order valence-electron chi connectivity index (χ2n) is 9.30. The molecular weight excluding hydrogens is 543 g/mol. The predicted octanol–water partition coefficient (Wildman–Crippen LogP) is 7.12. The lowest BCUT2D eigenvalue weighted by Gasteiger charge is -2.36. The maximum atomic E-state index is 6.09. The largest absolute Gasteiger partial charge is 0.489 e. The Morgan fingerprint density at radius 3 is 2.09 bits per heavy atom. The van der Waals surface area contributed by atoms with E-state index in [0.717, 1.165) is 49.4 Å². The van der Waals surface area contributed by atoms with Crippen molar-refractivity contribution in [2.45, 2.75) is 38.7 Å². The Bertz CT molecular complexity index is 1050. The highest BCUT2D eigenvalue weighted by atomic mass is 79.9. The molecule has 1 heterocycles. The smallest absolute Gasteiger partial charge is 0.120 e. The van der Waals surface area contributed by atoms with Crippen molar-refractivity contribution in [1.82, 2.24) is 4.90 Å². The topological polar surface area (TPSA) is 15.7 Å². The number of piperazine rings is 1. The van der Waals surface area contributed by atoms with Crippen molar-refractivity contribution < 1.29 is 4.74 Å². The Hall–Kier alpha value is -1.72. The van der Waals surface area contributed by atoms with E-state index in [-0.39, 0.29) is 24.8 Å². The molecule has 0 radical (unpaired) electrons. The third-order valence-electron chi connectivity index (χ3n) is 7.03. The highest BCUT2D eigenvalue weighted by Crippen LogP contribution is 2.26. The standard InChI is InChI=1S/C29H33BrN2O.2ClH/c30-27-10-12-28(13-11-27)32-19-17-31(18-20-32)16-15-23-5-7-24(8-6-23)22-33-29-14-9-25-3-1-2-4-26(25)21-29;;/h5-14,21H,1-4,15-20,22H2;2*1H. The van der Waals surface area contributed by atoms with Crippen LogP contribution in [0.2, 0.25) is 0 Å². The maximum absolute atomic E-state index is 6.09. The van der Waals surface area contributed by atoms with Gasteiger partial charge in [-0.15, -0.1) is 24.8 Å². The Kier molecular flexibility index (Phi) is 10.8. The first-order chi connectivity index (χ1) is 16.2. The Labute approximate surface area is 230 Å². The number of hydrogen-bond donors (Lipinski definition) is 0. The number of benzene rings is 3. The molecular formula is C29H35BrCl2N2O. The normalized spacial score (nSPS) is 15.5. The average Bonchev–Trinajstić information content (AvgIpc) is 2.87. The zero-order valence-electron chi connectivity index (χ0n) is 20.1. The van der Waals surface area contributed by atoms with E-state index in [9.17, 15) is 0 Å². The molecule has 1 saturated heterocycles. The van der Waals surface area contributed by atoms with Gasteiger partial charge in [0.1, 0.15) is 12.4 Å². The summed E-state index contributed by atoms with van der Waals surface area (Å²) in [7, 11) is 0. The highest BCUT2D eigenvalue weighted by molar-refractivity contribution is 9.10. The minimum absolute atomic E-state index is 0. The number of aryl methyl sites for hydroxylation is 2. The van der Waals surface area contributed by atoms with Crippen LogP contribution in [-0.4, -0.2) is 37.6 Å². The van der Waals surface area contributed by atoms with Crippen molar-refractivity contribution in [1.29, 1.82) is 0 Å². The number of halogens is 3. The van der Waals surface area contributed by atoms with Gasteiger partial charge in [0.2, 0.25) is 0 Å². The zero-order valence-corrected chi connectivity index (χ0v) is 23.3. The number of ether oxygens (including phenoxy) is 1. The summed E-state index contributed by atoms with van der Waals surface area (Å²) in [6.45, 7) is 6.21. The molecule has 0 N–H and O–H groups in total. The first-order valence-electron chi connectivity index (χ1n) is 12.3. The fourth-order valence-electron chi connectivity index (χ4n) is 4.94. The van der Waals surface area contributed by atoms with Crippen molar-refractivity contribution in [3.8, 4) is 5.75 Å². The summed E-state index contributed by atoms with van der Waals surface area (Å²) < 4.78 is 7.23. The summed E-state index contributed by atoms with van der Waals surface area (Å²) in [4.78, 5) is 5.07. The van der Waals surface area contributed by atoms with Gasteiger partial charge < -0.3 is 9.64 Å². The summed E-state index contributed by atoms with van der Waals surface area (Å²) >= 11 is 3.52. The van der Waals surface area contributed by atoms with Gasteiger partial charge in [0.05, 0.1) is 0 Å². The van der Waals surface area contributed by atoms with Crippen LogP contribution < -0.4 is 9.64 Å². The molecule has 6 heteroatoms. The van der Waals surface area contributed by atoms with E-state index >= 15 is 0 Å². The van der Waals surface area contributed by atoms with Crippen molar-refractivity contribution in [2.24, 2.45) is 0 Å². The van der Waals surface area contributed by atoms with Crippen LogP contribution in [0.4, 0.5) is 5.69 Å². The minimum Gasteiger partial charge on any atom is -0.489 e. The Balaban J connectivity index is 0.00000171. The number of rotatable bonds is 7. The summed E-state index contributed by atoms with van der Waals surface area (Å²) in [6.07, 6.45) is 6.14. The number of hydrogen-bond acceptors (Lipinski definition) is 3. The van der Waals surface area contributed by atoms with Crippen molar-refractivity contribution in [3.63, 3.8) is 0 Å². The summed E-state index contributed by atoms with van der Waals surface area (Å²) in [5.41, 5.74) is 6.95. The number of nitrogens with zero attached hydrogens (tertiary/aromatic N) is 2. The molecule has 0 aromatic heterocycles. The summed E-state index contributed by atoms with van der Waals surface area (Å²) in [5, 5.41) is 0. The van der Waals surface area contributed by atoms with Crippen molar-refractivity contribution in [2.75, 3.05) is 37.6 Å². The van der Waals surface area contributed by atoms with Gasteiger partial charge in [-0.25, -0.2) is 0 Å². The molecule has 0 saturated carbocycles. The minimum atomic E-state index is 0. The summed E-state index contributed by atoms with van der Waals surface area (Å²) in [5.74, 6) is 1.00. The first-order valence-corrected chi connectivity index (χ1v) is 13.1. The molecule has 0 atom stereocenters. The van der Waals surface area contributed by atoms with Gasteiger partial charge >= 0.3 is 0 Å². The van der Waals surface area contributed by atoms with Crippen LogP contribution in [0.15, 0.2) is 71.2 Å². The molecule has 188 valence electrons. The number of fused-ring (bicyclic) bond motifs is 1. The molecule has 35 heavy (non-hydrogen) atoms. The average molecular weight is 578 g/mol.